The molecule has 0 saturated heterocycles. The maximum absolute atomic E-state index is 12.3. The monoisotopic (exact) mass is 412 g/mol. The predicted octanol–water partition coefficient (Wildman–Crippen LogP) is 4.54. The Labute approximate surface area is 167 Å². The molecule has 0 fully saturated rings. The normalized spacial score (nSPS) is 10.3. The van der Waals surface area contributed by atoms with Crippen LogP contribution >= 0.6 is 35.4 Å². The molecule has 2 aromatic rings. The number of benzene rings is 2. The molecule has 0 unspecified atom stereocenters. The summed E-state index contributed by atoms with van der Waals surface area (Å²) in [5, 5.41) is 6.47. The van der Waals surface area contributed by atoms with Crippen LogP contribution in [0.15, 0.2) is 42.5 Å². The summed E-state index contributed by atoms with van der Waals surface area (Å²) in [5.74, 6) is 0.235. The molecule has 0 aliphatic carbocycles. The van der Waals surface area contributed by atoms with E-state index in [4.69, 9.17) is 44.9 Å². The highest BCUT2D eigenvalue weighted by atomic mass is 35.5. The molecule has 0 bridgehead atoms. The number of halogens is 2. The standard InChI is InChI=1S/C18H18Cl2N2O3S/c1-2-24-8-9-25-14-5-3-4-12(10-14)17(23)22-18(26)21-13-6-7-15(19)16(20)11-13/h3-7,10-11H,2,8-9H2,1H3,(H2,21,22,23,26). The van der Waals surface area contributed by atoms with Crippen molar-refractivity contribution in [1.82, 2.24) is 5.32 Å². The number of thiocarbonyl (C=S) groups is 1. The van der Waals surface area contributed by atoms with E-state index in [1.165, 1.54) is 0 Å². The van der Waals surface area contributed by atoms with E-state index in [-0.39, 0.29) is 11.0 Å². The van der Waals surface area contributed by atoms with Gasteiger partial charge in [0.25, 0.3) is 5.91 Å². The number of hydrogen-bond acceptors (Lipinski definition) is 4. The number of nitrogens with one attached hydrogen (secondary N) is 2. The summed E-state index contributed by atoms with van der Waals surface area (Å²) in [5.41, 5.74) is 1.05. The molecule has 0 aliphatic rings. The van der Waals surface area contributed by atoms with Gasteiger partial charge in [0.1, 0.15) is 12.4 Å². The Balaban J connectivity index is 1.91. The molecule has 8 heteroatoms. The van der Waals surface area contributed by atoms with Crippen LogP contribution in [0.4, 0.5) is 5.69 Å². The molecule has 2 rings (SSSR count). The van der Waals surface area contributed by atoms with Gasteiger partial charge in [-0.25, -0.2) is 0 Å². The minimum Gasteiger partial charge on any atom is -0.491 e. The molecule has 26 heavy (non-hydrogen) atoms. The summed E-state index contributed by atoms with van der Waals surface area (Å²) < 4.78 is 10.8. The summed E-state index contributed by atoms with van der Waals surface area (Å²) in [4.78, 5) is 12.3. The highest BCUT2D eigenvalue weighted by Gasteiger charge is 2.10. The molecule has 0 heterocycles. The Morgan fingerprint density at radius 2 is 1.92 bits per heavy atom. The first-order valence-corrected chi connectivity index (χ1v) is 9.04. The Morgan fingerprint density at radius 1 is 1.12 bits per heavy atom. The van der Waals surface area contributed by atoms with Gasteiger partial charge in [-0.3, -0.25) is 10.1 Å². The van der Waals surface area contributed by atoms with E-state index < -0.39 is 0 Å². The van der Waals surface area contributed by atoms with Crippen molar-refractivity contribution in [3.63, 3.8) is 0 Å². The average molecular weight is 413 g/mol. The van der Waals surface area contributed by atoms with Gasteiger partial charge in [-0.15, -0.1) is 0 Å². The zero-order valence-corrected chi connectivity index (χ0v) is 16.4. The molecule has 0 saturated carbocycles. The third-order valence-electron chi connectivity index (χ3n) is 3.20. The Hall–Kier alpha value is -1.86. The zero-order valence-electron chi connectivity index (χ0n) is 14.1. The third kappa shape index (κ3) is 6.46. The fourth-order valence-corrected chi connectivity index (χ4v) is 2.51. The van der Waals surface area contributed by atoms with Crippen molar-refractivity contribution in [3.05, 3.63) is 58.1 Å². The van der Waals surface area contributed by atoms with E-state index in [0.717, 1.165) is 0 Å². The third-order valence-corrected chi connectivity index (χ3v) is 4.14. The van der Waals surface area contributed by atoms with Crippen LogP contribution in [0.2, 0.25) is 10.0 Å². The number of carbonyl (C=O) groups excluding carboxylic acids is 1. The predicted molar refractivity (Wildman–Crippen MR) is 109 cm³/mol. The molecule has 0 spiro atoms. The second-order valence-electron chi connectivity index (χ2n) is 5.11. The van der Waals surface area contributed by atoms with Gasteiger partial charge in [0, 0.05) is 17.9 Å². The van der Waals surface area contributed by atoms with Crippen molar-refractivity contribution in [2.75, 3.05) is 25.1 Å². The van der Waals surface area contributed by atoms with Crippen molar-refractivity contribution >= 4 is 52.1 Å². The van der Waals surface area contributed by atoms with Crippen LogP contribution in [0.1, 0.15) is 17.3 Å². The number of anilines is 1. The lowest BCUT2D eigenvalue weighted by atomic mass is 10.2. The molecule has 2 aromatic carbocycles. The van der Waals surface area contributed by atoms with Gasteiger partial charge in [0.2, 0.25) is 0 Å². The largest absolute Gasteiger partial charge is 0.491 e. The summed E-state index contributed by atoms with van der Waals surface area (Å²) in [7, 11) is 0. The lowest BCUT2D eigenvalue weighted by Crippen LogP contribution is -2.34. The van der Waals surface area contributed by atoms with Crippen molar-refractivity contribution < 1.29 is 14.3 Å². The van der Waals surface area contributed by atoms with Crippen molar-refractivity contribution in [3.8, 4) is 5.75 Å². The maximum atomic E-state index is 12.3. The van der Waals surface area contributed by atoms with Crippen LogP contribution in [0, 0.1) is 0 Å². The minimum absolute atomic E-state index is 0.149. The van der Waals surface area contributed by atoms with E-state index >= 15 is 0 Å². The number of ether oxygens (including phenoxy) is 2. The number of carbonyl (C=O) groups is 1. The van der Waals surface area contributed by atoms with E-state index in [1.54, 1.807) is 42.5 Å². The summed E-state index contributed by atoms with van der Waals surface area (Å²) >= 11 is 17.0. The van der Waals surface area contributed by atoms with Crippen LogP contribution in [0.5, 0.6) is 5.75 Å². The van der Waals surface area contributed by atoms with Gasteiger partial charge < -0.3 is 14.8 Å². The van der Waals surface area contributed by atoms with E-state index in [0.29, 0.717) is 46.9 Å². The summed E-state index contributed by atoms with van der Waals surface area (Å²) in [6.45, 7) is 3.45. The molecule has 2 N–H and O–H groups in total. The van der Waals surface area contributed by atoms with E-state index in [9.17, 15) is 4.79 Å². The lowest BCUT2D eigenvalue weighted by Gasteiger charge is -2.11. The van der Waals surface area contributed by atoms with Crippen LogP contribution < -0.4 is 15.4 Å². The van der Waals surface area contributed by atoms with Gasteiger partial charge in [0.05, 0.1) is 16.7 Å². The SMILES string of the molecule is CCOCCOc1cccc(C(=O)NC(=S)Nc2ccc(Cl)c(Cl)c2)c1. The molecular formula is C18H18Cl2N2O3S. The van der Waals surface area contributed by atoms with Gasteiger partial charge in [0.15, 0.2) is 5.11 Å². The highest BCUT2D eigenvalue weighted by molar-refractivity contribution is 7.80. The molecule has 0 aromatic heterocycles. The van der Waals surface area contributed by atoms with Crippen LogP contribution in [-0.4, -0.2) is 30.8 Å². The van der Waals surface area contributed by atoms with Gasteiger partial charge >= 0.3 is 0 Å². The molecule has 138 valence electrons. The lowest BCUT2D eigenvalue weighted by molar-refractivity contribution is 0.0976. The average Bonchev–Trinajstić information content (AvgIpc) is 2.62. The zero-order chi connectivity index (χ0) is 18.9. The second kappa shape index (κ2) is 10.3. The number of rotatable bonds is 7. The van der Waals surface area contributed by atoms with Gasteiger partial charge in [-0.1, -0.05) is 29.3 Å². The van der Waals surface area contributed by atoms with Crippen LogP contribution in [-0.2, 0) is 4.74 Å². The quantitative estimate of drug-likeness (QED) is 0.516. The smallest absolute Gasteiger partial charge is 0.257 e. The fourth-order valence-electron chi connectivity index (χ4n) is 2.00. The topological polar surface area (TPSA) is 59.6 Å². The van der Waals surface area contributed by atoms with Gasteiger partial charge in [-0.2, -0.15) is 0 Å². The first-order valence-electron chi connectivity index (χ1n) is 7.87. The molecule has 0 radical (unpaired) electrons. The Kier molecular flexibility index (Phi) is 8.12. The maximum Gasteiger partial charge on any atom is 0.257 e. The Bertz CT molecular complexity index is 787. The summed E-state index contributed by atoms with van der Waals surface area (Å²) in [6, 6.07) is 11.8. The number of amides is 1. The molecule has 1 amide bonds. The molecule has 0 atom stereocenters. The van der Waals surface area contributed by atoms with Crippen LogP contribution in [0.25, 0.3) is 0 Å². The van der Waals surface area contributed by atoms with Gasteiger partial charge in [-0.05, 0) is 55.5 Å². The Morgan fingerprint density at radius 3 is 2.65 bits per heavy atom. The van der Waals surface area contributed by atoms with Crippen molar-refractivity contribution in [2.24, 2.45) is 0 Å². The first-order chi connectivity index (χ1) is 12.5. The van der Waals surface area contributed by atoms with E-state index in [1.807, 2.05) is 6.92 Å². The van der Waals surface area contributed by atoms with Crippen LogP contribution in [0.3, 0.4) is 0 Å². The minimum atomic E-state index is -0.349. The van der Waals surface area contributed by atoms with Crippen molar-refractivity contribution in [2.45, 2.75) is 6.92 Å². The summed E-state index contributed by atoms with van der Waals surface area (Å²) in [6.07, 6.45) is 0. The first kappa shape index (κ1) is 20.5. The molecule has 0 aliphatic heterocycles. The van der Waals surface area contributed by atoms with E-state index in [2.05, 4.69) is 10.6 Å². The molecule has 5 nitrogen and oxygen atoms in total. The molecular weight excluding hydrogens is 395 g/mol. The van der Waals surface area contributed by atoms with Crippen molar-refractivity contribution in [1.29, 1.82) is 0 Å². The fraction of sp³-hybridized carbons (Fsp3) is 0.222. The highest BCUT2D eigenvalue weighted by Crippen LogP contribution is 2.24. The number of hydrogen-bond donors (Lipinski definition) is 2. The second-order valence-corrected chi connectivity index (χ2v) is 6.33.